The SMILES string of the molecule is Cc1nc(CCC(=O)N2CCC(Oc3ccccc3)(C(=O)O)CC2)n[nH]1. The topological polar surface area (TPSA) is 108 Å². The van der Waals surface area contributed by atoms with E-state index in [9.17, 15) is 14.7 Å². The number of aromatic nitrogens is 3. The zero-order valence-corrected chi connectivity index (χ0v) is 14.6. The number of rotatable bonds is 6. The molecule has 8 nitrogen and oxygen atoms in total. The fraction of sp³-hybridized carbons (Fsp3) is 0.444. The van der Waals surface area contributed by atoms with Crippen LogP contribution in [0.3, 0.4) is 0 Å². The number of carboxylic acid groups (broad SMARTS) is 1. The Morgan fingerprint density at radius 3 is 2.54 bits per heavy atom. The summed E-state index contributed by atoms with van der Waals surface area (Å²) >= 11 is 0. The number of para-hydroxylation sites is 1. The van der Waals surface area contributed by atoms with Gasteiger partial charge in [-0.3, -0.25) is 9.89 Å². The fourth-order valence-corrected chi connectivity index (χ4v) is 3.07. The third kappa shape index (κ3) is 4.01. The van der Waals surface area contributed by atoms with E-state index in [4.69, 9.17) is 4.74 Å². The summed E-state index contributed by atoms with van der Waals surface area (Å²) in [5.41, 5.74) is -1.29. The molecule has 3 rings (SSSR count). The van der Waals surface area contributed by atoms with Crippen LogP contribution in [-0.4, -0.2) is 55.8 Å². The lowest BCUT2D eigenvalue weighted by atomic mass is 9.90. The standard InChI is InChI=1S/C18H22N4O4/c1-13-19-15(21-20-13)7-8-16(23)22-11-9-18(10-12-22,17(24)25)26-14-5-3-2-4-6-14/h2-6H,7-12H2,1H3,(H,24,25)(H,19,20,21). The normalized spacial score (nSPS) is 16.3. The molecule has 1 amide bonds. The minimum absolute atomic E-state index is 0.0221. The number of likely N-dealkylation sites (tertiary alicyclic amines) is 1. The third-order valence-electron chi connectivity index (χ3n) is 4.58. The molecule has 0 aliphatic carbocycles. The smallest absolute Gasteiger partial charge is 0.348 e. The second-order valence-electron chi connectivity index (χ2n) is 6.43. The molecule has 1 fully saturated rings. The minimum atomic E-state index is -1.29. The monoisotopic (exact) mass is 358 g/mol. The molecular weight excluding hydrogens is 336 g/mol. The van der Waals surface area contributed by atoms with Gasteiger partial charge in [-0.1, -0.05) is 18.2 Å². The zero-order valence-electron chi connectivity index (χ0n) is 14.6. The summed E-state index contributed by atoms with van der Waals surface area (Å²) in [7, 11) is 0. The Morgan fingerprint density at radius 2 is 1.96 bits per heavy atom. The lowest BCUT2D eigenvalue weighted by Gasteiger charge is -2.38. The number of benzene rings is 1. The van der Waals surface area contributed by atoms with Crippen LogP contribution in [0.4, 0.5) is 0 Å². The van der Waals surface area contributed by atoms with Gasteiger partial charge in [-0.2, -0.15) is 5.10 Å². The number of amides is 1. The number of carbonyl (C=O) groups excluding carboxylic acids is 1. The first-order valence-corrected chi connectivity index (χ1v) is 8.62. The Bertz CT molecular complexity index is 767. The number of ether oxygens (including phenoxy) is 1. The molecule has 1 aromatic heterocycles. The molecule has 1 aliphatic rings. The molecule has 138 valence electrons. The summed E-state index contributed by atoms with van der Waals surface area (Å²) in [5, 5.41) is 16.5. The highest BCUT2D eigenvalue weighted by Gasteiger charge is 2.44. The molecule has 0 saturated carbocycles. The largest absolute Gasteiger partial charge is 0.478 e. The maximum Gasteiger partial charge on any atom is 0.348 e. The Hall–Kier alpha value is -2.90. The van der Waals surface area contributed by atoms with E-state index in [0.29, 0.717) is 37.5 Å². The number of H-pyrrole nitrogens is 1. The quantitative estimate of drug-likeness (QED) is 0.811. The first kappa shape index (κ1) is 17.9. The number of aromatic amines is 1. The number of carboxylic acids is 1. The Labute approximate surface area is 151 Å². The number of piperidine rings is 1. The molecule has 0 bridgehead atoms. The van der Waals surface area contributed by atoms with E-state index >= 15 is 0 Å². The van der Waals surface area contributed by atoms with Crippen LogP contribution in [0.2, 0.25) is 0 Å². The summed E-state index contributed by atoms with van der Waals surface area (Å²) in [6, 6.07) is 8.92. The predicted molar refractivity (Wildman–Crippen MR) is 92.7 cm³/mol. The number of aryl methyl sites for hydroxylation is 2. The van der Waals surface area contributed by atoms with Crippen molar-refractivity contribution in [1.82, 2.24) is 20.1 Å². The number of carbonyl (C=O) groups is 2. The molecule has 0 radical (unpaired) electrons. The molecule has 2 aromatic rings. The van der Waals surface area contributed by atoms with Crippen molar-refractivity contribution in [1.29, 1.82) is 0 Å². The zero-order chi connectivity index (χ0) is 18.6. The average Bonchev–Trinajstić information content (AvgIpc) is 3.06. The molecule has 0 spiro atoms. The third-order valence-corrected chi connectivity index (χ3v) is 4.58. The highest BCUT2D eigenvalue weighted by Crippen LogP contribution is 2.29. The van der Waals surface area contributed by atoms with Crippen LogP contribution in [0, 0.1) is 6.92 Å². The van der Waals surface area contributed by atoms with Crippen LogP contribution in [-0.2, 0) is 16.0 Å². The lowest BCUT2D eigenvalue weighted by molar-refractivity contribution is -0.161. The van der Waals surface area contributed by atoms with E-state index < -0.39 is 11.6 Å². The lowest BCUT2D eigenvalue weighted by Crippen LogP contribution is -2.54. The predicted octanol–water partition coefficient (Wildman–Crippen LogP) is 1.57. The molecule has 0 unspecified atom stereocenters. The number of hydrogen-bond donors (Lipinski definition) is 2. The van der Waals surface area contributed by atoms with Gasteiger partial charge >= 0.3 is 5.97 Å². The number of nitrogens with one attached hydrogen (secondary N) is 1. The van der Waals surface area contributed by atoms with E-state index in [1.807, 2.05) is 6.07 Å². The van der Waals surface area contributed by atoms with Crippen molar-refractivity contribution in [2.45, 2.75) is 38.2 Å². The van der Waals surface area contributed by atoms with Gasteiger partial charge in [0.1, 0.15) is 11.6 Å². The van der Waals surface area contributed by atoms with E-state index in [2.05, 4.69) is 15.2 Å². The van der Waals surface area contributed by atoms with Gasteiger partial charge < -0.3 is 14.7 Å². The van der Waals surface area contributed by atoms with Crippen LogP contribution in [0.15, 0.2) is 30.3 Å². The summed E-state index contributed by atoms with van der Waals surface area (Å²) in [6.45, 7) is 2.51. The molecule has 1 aromatic carbocycles. The van der Waals surface area contributed by atoms with Crippen LogP contribution < -0.4 is 4.74 Å². The van der Waals surface area contributed by atoms with Crippen molar-refractivity contribution in [3.63, 3.8) is 0 Å². The number of nitrogens with zero attached hydrogens (tertiary/aromatic N) is 3. The van der Waals surface area contributed by atoms with Gasteiger partial charge in [-0.05, 0) is 19.1 Å². The van der Waals surface area contributed by atoms with Gasteiger partial charge in [0.25, 0.3) is 0 Å². The summed E-state index contributed by atoms with van der Waals surface area (Å²) < 4.78 is 5.80. The van der Waals surface area contributed by atoms with Gasteiger partial charge in [-0.25, -0.2) is 9.78 Å². The fourth-order valence-electron chi connectivity index (χ4n) is 3.07. The van der Waals surface area contributed by atoms with Crippen LogP contribution in [0.1, 0.15) is 30.9 Å². The highest BCUT2D eigenvalue weighted by molar-refractivity contribution is 5.80. The van der Waals surface area contributed by atoms with Crippen molar-refractivity contribution >= 4 is 11.9 Å². The Balaban J connectivity index is 1.57. The molecule has 1 aliphatic heterocycles. The van der Waals surface area contributed by atoms with Gasteiger partial charge in [0.15, 0.2) is 5.82 Å². The first-order chi connectivity index (χ1) is 12.5. The summed E-state index contributed by atoms with van der Waals surface area (Å²) in [5.74, 6) is 0.834. The summed E-state index contributed by atoms with van der Waals surface area (Å²) in [4.78, 5) is 30.1. The van der Waals surface area contributed by atoms with Gasteiger partial charge in [0.05, 0.1) is 0 Å². The van der Waals surface area contributed by atoms with E-state index in [1.165, 1.54) is 0 Å². The van der Waals surface area contributed by atoms with Crippen LogP contribution in [0.25, 0.3) is 0 Å². The maximum absolute atomic E-state index is 12.4. The number of aliphatic carboxylic acids is 1. The van der Waals surface area contributed by atoms with Crippen molar-refractivity contribution in [3.05, 3.63) is 42.0 Å². The molecule has 0 atom stereocenters. The van der Waals surface area contributed by atoms with E-state index in [1.54, 1.807) is 36.1 Å². The average molecular weight is 358 g/mol. The highest BCUT2D eigenvalue weighted by atomic mass is 16.5. The van der Waals surface area contributed by atoms with Crippen molar-refractivity contribution < 1.29 is 19.4 Å². The van der Waals surface area contributed by atoms with Gasteiger partial charge in [-0.15, -0.1) is 0 Å². The molecule has 2 N–H and O–H groups in total. The molecule has 8 heteroatoms. The second kappa shape index (κ2) is 7.55. The van der Waals surface area contributed by atoms with Crippen LogP contribution >= 0.6 is 0 Å². The first-order valence-electron chi connectivity index (χ1n) is 8.62. The Morgan fingerprint density at radius 1 is 1.27 bits per heavy atom. The molecule has 2 heterocycles. The molecular formula is C18H22N4O4. The minimum Gasteiger partial charge on any atom is -0.478 e. The van der Waals surface area contributed by atoms with Gasteiger partial charge in [0, 0.05) is 38.8 Å². The number of hydrogen-bond acceptors (Lipinski definition) is 5. The Kier molecular flexibility index (Phi) is 5.20. The van der Waals surface area contributed by atoms with E-state index in [0.717, 1.165) is 5.82 Å². The maximum atomic E-state index is 12.4. The summed E-state index contributed by atoms with van der Waals surface area (Å²) in [6.07, 6.45) is 1.27. The molecule has 26 heavy (non-hydrogen) atoms. The van der Waals surface area contributed by atoms with Crippen LogP contribution in [0.5, 0.6) is 5.75 Å². The van der Waals surface area contributed by atoms with E-state index in [-0.39, 0.29) is 18.7 Å². The van der Waals surface area contributed by atoms with Crippen molar-refractivity contribution in [3.8, 4) is 5.75 Å². The molecule has 1 saturated heterocycles. The van der Waals surface area contributed by atoms with Gasteiger partial charge in [0.2, 0.25) is 11.5 Å². The van der Waals surface area contributed by atoms with Crippen molar-refractivity contribution in [2.24, 2.45) is 0 Å². The van der Waals surface area contributed by atoms with Crippen molar-refractivity contribution in [2.75, 3.05) is 13.1 Å². The second-order valence-corrected chi connectivity index (χ2v) is 6.43.